The minimum Gasteiger partial charge on any atom is -0.385 e. The molecule has 0 radical (unpaired) electrons. The fourth-order valence-electron chi connectivity index (χ4n) is 4.54. The molecule has 0 bridgehead atoms. The van der Waals surface area contributed by atoms with Crippen LogP contribution in [0.15, 0.2) is 37.6 Å². The highest BCUT2D eigenvalue weighted by atomic mass is 15.1. The third kappa shape index (κ3) is 5.36. The average molecular weight is 419 g/mol. The Kier molecular flexibility index (Phi) is 7.89. The molecule has 1 aliphatic carbocycles. The van der Waals surface area contributed by atoms with E-state index in [1.807, 2.05) is 27.0 Å². The van der Waals surface area contributed by atoms with Crippen LogP contribution in [-0.2, 0) is 0 Å². The monoisotopic (exact) mass is 418 g/mol. The van der Waals surface area contributed by atoms with Gasteiger partial charge in [0.1, 0.15) is 0 Å². The van der Waals surface area contributed by atoms with Crippen molar-refractivity contribution in [2.45, 2.75) is 78.2 Å². The highest BCUT2D eigenvalue weighted by molar-refractivity contribution is 5.81. The van der Waals surface area contributed by atoms with Gasteiger partial charge in [0.25, 0.3) is 0 Å². The number of hydrogen-bond acceptors (Lipinski definition) is 4. The van der Waals surface area contributed by atoms with E-state index in [1.165, 1.54) is 43.2 Å². The van der Waals surface area contributed by atoms with Crippen LogP contribution in [0.25, 0.3) is 11.3 Å². The van der Waals surface area contributed by atoms with Crippen molar-refractivity contribution in [2.24, 2.45) is 0 Å². The number of benzene rings is 1. The maximum atomic E-state index is 4.74. The van der Waals surface area contributed by atoms with E-state index in [0.717, 1.165) is 47.0 Å². The number of aryl methyl sites for hydroxylation is 1. The van der Waals surface area contributed by atoms with Gasteiger partial charge in [-0.3, -0.25) is 0 Å². The van der Waals surface area contributed by atoms with Gasteiger partial charge in [0.15, 0.2) is 0 Å². The summed E-state index contributed by atoms with van der Waals surface area (Å²) in [5.41, 5.74) is 7.66. The number of aromatic nitrogens is 2. The van der Waals surface area contributed by atoms with Crippen molar-refractivity contribution in [1.29, 1.82) is 0 Å². The van der Waals surface area contributed by atoms with Gasteiger partial charge in [-0.2, -0.15) is 0 Å². The van der Waals surface area contributed by atoms with Crippen molar-refractivity contribution in [3.05, 3.63) is 65.5 Å². The Bertz CT molecular complexity index is 925. The largest absolute Gasteiger partial charge is 0.385 e. The van der Waals surface area contributed by atoms with E-state index in [-0.39, 0.29) is 0 Å². The Hall–Kier alpha value is -2.62. The second kappa shape index (κ2) is 10.6. The van der Waals surface area contributed by atoms with Crippen molar-refractivity contribution in [3.63, 3.8) is 0 Å². The van der Waals surface area contributed by atoms with Gasteiger partial charge in [0.05, 0.1) is 5.69 Å². The Balaban J connectivity index is 0.00000132. The van der Waals surface area contributed by atoms with Crippen molar-refractivity contribution in [1.82, 2.24) is 15.3 Å². The molecule has 166 valence electrons. The first-order valence-electron chi connectivity index (χ1n) is 11.9. The Morgan fingerprint density at radius 1 is 1.13 bits per heavy atom. The molecular weight excluding hydrogens is 380 g/mol. The smallest absolute Gasteiger partial charge is 0.223 e. The van der Waals surface area contributed by atoms with Gasteiger partial charge in [-0.15, -0.1) is 0 Å². The molecule has 1 aromatic carbocycles. The van der Waals surface area contributed by atoms with Crippen LogP contribution in [-0.4, -0.2) is 22.6 Å². The van der Waals surface area contributed by atoms with Crippen LogP contribution in [0.2, 0.25) is 0 Å². The molecule has 1 unspecified atom stereocenters. The summed E-state index contributed by atoms with van der Waals surface area (Å²) >= 11 is 0. The zero-order chi connectivity index (χ0) is 22.4. The molecule has 2 heterocycles. The molecule has 1 aromatic heterocycles. The van der Waals surface area contributed by atoms with E-state index >= 15 is 0 Å². The summed E-state index contributed by atoms with van der Waals surface area (Å²) < 4.78 is 0. The summed E-state index contributed by atoms with van der Waals surface area (Å²) in [7, 11) is 0. The van der Waals surface area contributed by atoms with Gasteiger partial charge < -0.3 is 10.6 Å². The summed E-state index contributed by atoms with van der Waals surface area (Å²) in [6.07, 6.45) is 9.39. The normalized spacial score (nSPS) is 18.7. The van der Waals surface area contributed by atoms with Gasteiger partial charge in [-0.05, 0) is 48.8 Å². The third-order valence-electron chi connectivity index (χ3n) is 6.41. The molecule has 0 saturated heterocycles. The van der Waals surface area contributed by atoms with E-state index in [2.05, 4.69) is 53.9 Å². The van der Waals surface area contributed by atoms with Crippen molar-refractivity contribution in [3.8, 4) is 0 Å². The summed E-state index contributed by atoms with van der Waals surface area (Å²) in [5, 5.41) is 6.93. The highest BCUT2D eigenvalue weighted by Crippen LogP contribution is 2.33. The fourth-order valence-corrected chi connectivity index (χ4v) is 4.54. The van der Waals surface area contributed by atoms with Gasteiger partial charge in [0, 0.05) is 35.6 Å². The second-order valence-corrected chi connectivity index (χ2v) is 8.55. The van der Waals surface area contributed by atoms with Crippen LogP contribution in [0.5, 0.6) is 0 Å². The van der Waals surface area contributed by atoms with E-state index in [4.69, 9.17) is 4.98 Å². The maximum Gasteiger partial charge on any atom is 0.223 e. The van der Waals surface area contributed by atoms with Crippen LogP contribution < -0.4 is 10.6 Å². The molecule has 0 amide bonds. The Morgan fingerprint density at radius 2 is 1.87 bits per heavy atom. The maximum absolute atomic E-state index is 4.74. The standard InChI is InChI=1S/C25H32N4.C2H6/c1-16-12-13-26-18(3)22-11-10-20(14-23(16)22)17(2)24-15-27-25(28-19(24)4)29-21-8-6-5-7-9-21;1-2/h10-11,14-16,21,26H,2-3,5-9,12-13H2,1,4H3,(H,27,28,29);1-2H3. The van der Waals surface area contributed by atoms with E-state index in [0.29, 0.717) is 12.0 Å². The molecule has 1 aliphatic heterocycles. The first-order chi connectivity index (χ1) is 15.0. The molecule has 4 heteroatoms. The van der Waals surface area contributed by atoms with E-state index < -0.39 is 0 Å². The molecule has 1 saturated carbocycles. The lowest BCUT2D eigenvalue weighted by Gasteiger charge is -2.23. The molecule has 4 nitrogen and oxygen atoms in total. The van der Waals surface area contributed by atoms with Crippen molar-refractivity contribution >= 4 is 17.2 Å². The predicted molar refractivity (Wildman–Crippen MR) is 133 cm³/mol. The molecule has 4 rings (SSSR count). The summed E-state index contributed by atoms with van der Waals surface area (Å²) in [6, 6.07) is 7.08. The van der Waals surface area contributed by atoms with Crippen LogP contribution in [0.3, 0.4) is 0 Å². The summed E-state index contributed by atoms with van der Waals surface area (Å²) in [6.45, 7) is 17.9. The molecular formula is C27H38N4. The molecule has 31 heavy (non-hydrogen) atoms. The molecule has 0 spiro atoms. The number of fused-ring (bicyclic) bond motifs is 1. The third-order valence-corrected chi connectivity index (χ3v) is 6.41. The Labute approximate surface area is 188 Å². The van der Waals surface area contributed by atoms with Crippen LogP contribution in [0.4, 0.5) is 5.95 Å². The molecule has 2 N–H and O–H groups in total. The zero-order valence-electron chi connectivity index (χ0n) is 19.7. The number of anilines is 1. The molecule has 1 atom stereocenters. The number of nitrogens with zero attached hydrogens (tertiary/aromatic N) is 2. The van der Waals surface area contributed by atoms with Crippen molar-refractivity contribution in [2.75, 3.05) is 11.9 Å². The minimum absolute atomic E-state index is 0.490. The van der Waals surface area contributed by atoms with Gasteiger partial charge >= 0.3 is 0 Å². The van der Waals surface area contributed by atoms with Crippen molar-refractivity contribution < 1.29 is 0 Å². The van der Waals surface area contributed by atoms with Crippen LogP contribution >= 0.6 is 0 Å². The topological polar surface area (TPSA) is 49.8 Å². The Morgan fingerprint density at radius 3 is 2.58 bits per heavy atom. The average Bonchev–Trinajstić information content (AvgIpc) is 2.93. The predicted octanol–water partition coefficient (Wildman–Crippen LogP) is 6.68. The second-order valence-electron chi connectivity index (χ2n) is 8.55. The number of nitrogens with one attached hydrogen (secondary N) is 2. The quantitative estimate of drug-likeness (QED) is 0.581. The lowest BCUT2D eigenvalue weighted by atomic mass is 9.89. The zero-order valence-corrected chi connectivity index (χ0v) is 19.7. The fraction of sp³-hybridized carbons (Fsp3) is 0.481. The SMILES string of the molecule is C=C1NCCC(C)c2cc(C(=C)c3cnc(NC4CCCCC4)nc3C)ccc21.CC. The van der Waals surface area contributed by atoms with E-state index in [1.54, 1.807) is 0 Å². The van der Waals surface area contributed by atoms with Crippen LogP contribution in [0, 0.1) is 6.92 Å². The first kappa shape index (κ1) is 23.1. The molecule has 1 fully saturated rings. The molecule has 2 aliphatic rings. The highest BCUT2D eigenvalue weighted by Gasteiger charge is 2.19. The summed E-state index contributed by atoms with van der Waals surface area (Å²) in [4.78, 5) is 9.34. The summed E-state index contributed by atoms with van der Waals surface area (Å²) in [5.74, 6) is 1.23. The molecule has 2 aromatic rings. The minimum atomic E-state index is 0.490. The van der Waals surface area contributed by atoms with Gasteiger partial charge in [-0.25, -0.2) is 9.97 Å². The number of hydrogen-bond donors (Lipinski definition) is 2. The number of rotatable bonds is 4. The first-order valence-corrected chi connectivity index (χ1v) is 11.9. The van der Waals surface area contributed by atoms with E-state index in [9.17, 15) is 0 Å². The van der Waals surface area contributed by atoms with Crippen LogP contribution in [0.1, 0.15) is 93.2 Å². The lowest BCUT2D eigenvalue weighted by Crippen LogP contribution is -2.23. The lowest BCUT2D eigenvalue weighted by molar-refractivity contribution is 0.460. The van der Waals surface area contributed by atoms with Gasteiger partial charge in [-0.1, -0.05) is 71.4 Å². The van der Waals surface area contributed by atoms with Gasteiger partial charge in [0.2, 0.25) is 5.95 Å².